The summed E-state index contributed by atoms with van der Waals surface area (Å²) in [6.45, 7) is 12.8. The van der Waals surface area contributed by atoms with Crippen LogP contribution in [0.15, 0.2) is 4.99 Å². The van der Waals surface area contributed by atoms with Gasteiger partial charge in [0.1, 0.15) is 5.60 Å². The minimum atomic E-state index is -0.491. The van der Waals surface area contributed by atoms with Crippen LogP contribution in [0.1, 0.15) is 66.7 Å². The van der Waals surface area contributed by atoms with E-state index in [4.69, 9.17) is 9.73 Å². The molecular weight excluding hydrogens is 344 g/mol. The molecule has 3 N–H and O–H groups in total. The van der Waals surface area contributed by atoms with Gasteiger partial charge in [0.15, 0.2) is 5.96 Å². The van der Waals surface area contributed by atoms with Gasteiger partial charge in [0, 0.05) is 25.0 Å². The van der Waals surface area contributed by atoms with Crippen LogP contribution in [0.25, 0.3) is 0 Å². The summed E-state index contributed by atoms with van der Waals surface area (Å²) in [4.78, 5) is 19.0. The van der Waals surface area contributed by atoms with Gasteiger partial charge in [-0.2, -0.15) is 0 Å². The fourth-order valence-electron chi connectivity index (χ4n) is 3.79. The molecule has 1 aliphatic heterocycles. The number of aliphatic hydroxyl groups excluding tert-OH is 1. The largest absolute Gasteiger partial charge is 0.444 e. The third kappa shape index (κ3) is 6.55. The summed E-state index contributed by atoms with van der Waals surface area (Å²) in [5.74, 6) is 0.866. The van der Waals surface area contributed by atoms with Crippen molar-refractivity contribution in [3.63, 3.8) is 0 Å². The highest BCUT2D eigenvalue weighted by Crippen LogP contribution is 2.36. The molecule has 1 saturated carbocycles. The smallest absolute Gasteiger partial charge is 0.407 e. The highest BCUT2D eigenvalue weighted by Gasteiger charge is 2.36. The fourth-order valence-corrected chi connectivity index (χ4v) is 3.79. The first kappa shape index (κ1) is 21.8. The van der Waals surface area contributed by atoms with E-state index in [1.807, 2.05) is 20.8 Å². The van der Waals surface area contributed by atoms with E-state index < -0.39 is 5.60 Å². The van der Waals surface area contributed by atoms with Crippen molar-refractivity contribution in [1.82, 2.24) is 15.5 Å². The molecule has 1 amide bonds. The van der Waals surface area contributed by atoms with E-state index in [2.05, 4.69) is 29.4 Å². The molecule has 0 spiro atoms. The quantitative estimate of drug-likeness (QED) is 0.514. The van der Waals surface area contributed by atoms with Crippen LogP contribution in [0, 0.1) is 5.41 Å². The third-order valence-electron chi connectivity index (χ3n) is 5.41. The number of carbonyl (C=O) groups excluding carboxylic acids is 1. The average molecular weight is 383 g/mol. The minimum absolute atomic E-state index is 0.0552. The Morgan fingerprint density at radius 3 is 2.70 bits per heavy atom. The van der Waals surface area contributed by atoms with E-state index in [9.17, 15) is 9.90 Å². The maximum Gasteiger partial charge on any atom is 0.407 e. The lowest BCUT2D eigenvalue weighted by Crippen LogP contribution is -2.45. The highest BCUT2D eigenvalue weighted by atomic mass is 16.6. The summed E-state index contributed by atoms with van der Waals surface area (Å²) in [6, 6.07) is 0.0552. The number of ether oxygens (including phenoxy) is 1. The Labute approximate surface area is 163 Å². The lowest BCUT2D eigenvalue weighted by atomic mass is 9.73. The monoisotopic (exact) mass is 382 g/mol. The van der Waals surface area contributed by atoms with Crippen molar-refractivity contribution in [2.24, 2.45) is 10.4 Å². The maximum atomic E-state index is 12.0. The number of rotatable bonds is 4. The molecule has 27 heavy (non-hydrogen) atoms. The summed E-state index contributed by atoms with van der Waals surface area (Å²) >= 11 is 0. The molecule has 3 atom stereocenters. The summed E-state index contributed by atoms with van der Waals surface area (Å²) in [5, 5.41) is 16.7. The summed E-state index contributed by atoms with van der Waals surface area (Å²) < 4.78 is 5.35. The molecule has 0 aromatic heterocycles. The number of nitrogens with zero attached hydrogens (tertiary/aromatic N) is 2. The van der Waals surface area contributed by atoms with E-state index in [0.29, 0.717) is 13.1 Å². The molecule has 7 heteroatoms. The summed E-state index contributed by atoms with van der Waals surface area (Å²) in [7, 11) is 0. The molecule has 1 aliphatic carbocycles. The Kier molecular flexibility index (Phi) is 7.37. The van der Waals surface area contributed by atoms with Crippen molar-refractivity contribution in [3.8, 4) is 0 Å². The van der Waals surface area contributed by atoms with Gasteiger partial charge in [-0.25, -0.2) is 4.79 Å². The Morgan fingerprint density at radius 1 is 1.33 bits per heavy atom. The van der Waals surface area contributed by atoms with Crippen molar-refractivity contribution in [2.45, 2.75) is 84.5 Å². The van der Waals surface area contributed by atoms with Crippen LogP contribution in [0.5, 0.6) is 0 Å². The van der Waals surface area contributed by atoms with Crippen molar-refractivity contribution in [2.75, 3.05) is 26.2 Å². The van der Waals surface area contributed by atoms with Crippen molar-refractivity contribution in [3.05, 3.63) is 0 Å². The Bertz CT molecular complexity index is 532. The molecule has 0 bridgehead atoms. The van der Waals surface area contributed by atoms with Crippen LogP contribution in [0.2, 0.25) is 0 Å². The van der Waals surface area contributed by atoms with Gasteiger partial charge in [0.2, 0.25) is 0 Å². The SMILES string of the molecule is CCNC(=NCC1(C)CCCCC1O)N1CCC(NC(=O)OC(C)(C)C)C1. The van der Waals surface area contributed by atoms with Crippen LogP contribution >= 0.6 is 0 Å². The molecule has 1 saturated heterocycles. The van der Waals surface area contributed by atoms with Gasteiger partial charge in [0.25, 0.3) is 0 Å². The third-order valence-corrected chi connectivity index (χ3v) is 5.41. The molecule has 2 aliphatic rings. The predicted octanol–water partition coefficient (Wildman–Crippen LogP) is 2.49. The van der Waals surface area contributed by atoms with E-state index in [0.717, 1.165) is 51.2 Å². The van der Waals surface area contributed by atoms with Gasteiger partial charge in [-0.15, -0.1) is 0 Å². The van der Waals surface area contributed by atoms with Gasteiger partial charge in [-0.1, -0.05) is 19.8 Å². The second kappa shape index (κ2) is 9.13. The van der Waals surface area contributed by atoms with Gasteiger partial charge in [-0.3, -0.25) is 4.99 Å². The van der Waals surface area contributed by atoms with Crippen LogP contribution in [-0.4, -0.2) is 66.0 Å². The number of amides is 1. The first-order valence-electron chi connectivity index (χ1n) is 10.3. The fraction of sp³-hybridized carbons (Fsp3) is 0.900. The average Bonchev–Trinajstić information content (AvgIpc) is 3.01. The van der Waals surface area contributed by atoms with Crippen molar-refractivity contribution < 1.29 is 14.6 Å². The number of aliphatic hydroxyl groups is 1. The van der Waals surface area contributed by atoms with Crippen LogP contribution in [0.3, 0.4) is 0 Å². The van der Waals surface area contributed by atoms with E-state index in [1.165, 1.54) is 0 Å². The van der Waals surface area contributed by atoms with Gasteiger partial charge >= 0.3 is 6.09 Å². The molecule has 3 unspecified atom stereocenters. The molecule has 0 radical (unpaired) electrons. The van der Waals surface area contributed by atoms with Gasteiger partial charge < -0.3 is 25.4 Å². The molecule has 1 heterocycles. The Hall–Kier alpha value is -1.50. The normalized spacial score (nSPS) is 29.6. The number of carbonyl (C=O) groups is 1. The number of alkyl carbamates (subject to hydrolysis) is 1. The zero-order valence-corrected chi connectivity index (χ0v) is 17.7. The molecule has 7 nitrogen and oxygen atoms in total. The molecule has 2 fully saturated rings. The van der Waals surface area contributed by atoms with Crippen LogP contribution in [-0.2, 0) is 4.74 Å². The second-order valence-electron chi connectivity index (χ2n) is 9.16. The second-order valence-corrected chi connectivity index (χ2v) is 9.16. The van der Waals surface area contributed by atoms with E-state index >= 15 is 0 Å². The van der Waals surface area contributed by atoms with E-state index in [-0.39, 0.29) is 23.7 Å². The zero-order chi connectivity index (χ0) is 20.1. The number of likely N-dealkylation sites (tertiary alicyclic amines) is 1. The first-order valence-corrected chi connectivity index (χ1v) is 10.3. The molecule has 156 valence electrons. The Morgan fingerprint density at radius 2 is 2.07 bits per heavy atom. The summed E-state index contributed by atoms with van der Waals surface area (Å²) in [5.41, 5.74) is -0.637. The highest BCUT2D eigenvalue weighted by molar-refractivity contribution is 5.80. The van der Waals surface area contributed by atoms with Crippen LogP contribution in [0.4, 0.5) is 4.79 Å². The molecule has 0 aromatic rings. The predicted molar refractivity (Wildman–Crippen MR) is 108 cm³/mol. The van der Waals surface area contributed by atoms with Gasteiger partial charge in [0.05, 0.1) is 18.7 Å². The zero-order valence-electron chi connectivity index (χ0n) is 17.7. The minimum Gasteiger partial charge on any atom is -0.444 e. The standard InChI is InChI=1S/C20H38N4O3/c1-6-21-17(22-14-20(5)11-8-7-9-16(20)25)24-12-10-15(13-24)23-18(26)27-19(2,3)4/h15-16,25H,6-14H2,1-5H3,(H,21,22)(H,23,26). The molecule has 2 rings (SSSR count). The number of hydrogen-bond acceptors (Lipinski definition) is 4. The van der Waals surface area contributed by atoms with Crippen molar-refractivity contribution in [1.29, 1.82) is 0 Å². The van der Waals surface area contributed by atoms with E-state index in [1.54, 1.807) is 0 Å². The summed E-state index contributed by atoms with van der Waals surface area (Å²) in [6.07, 6.45) is 4.36. The number of aliphatic imine (C=N–C) groups is 1. The maximum absolute atomic E-state index is 12.0. The number of nitrogens with one attached hydrogen (secondary N) is 2. The lowest BCUT2D eigenvalue weighted by molar-refractivity contribution is 0.00705. The molecular formula is C20H38N4O3. The number of hydrogen-bond donors (Lipinski definition) is 3. The first-order chi connectivity index (χ1) is 12.6. The topological polar surface area (TPSA) is 86.2 Å². The Balaban J connectivity index is 1.93. The molecule has 0 aromatic carbocycles. The van der Waals surface area contributed by atoms with Crippen molar-refractivity contribution >= 4 is 12.1 Å². The van der Waals surface area contributed by atoms with Crippen LogP contribution < -0.4 is 10.6 Å². The lowest BCUT2D eigenvalue weighted by Gasteiger charge is -2.37. The van der Waals surface area contributed by atoms with Gasteiger partial charge in [-0.05, 0) is 47.0 Å². The number of guanidine groups is 1.